The lowest BCUT2D eigenvalue weighted by molar-refractivity contribution is -0.147. The second kappa shape index (κ2) is 7.10. The van der Waals surface area contributed by atoms with Crippen LogP contribution in [0.25, 0.3) is 11.0 Å². The normalized spacial score (nSPS) is 16.6. The molecule has 1 aromatic carbocycles. The number of aromatic nitrogens is 2. The maximum Gasteiger partial charge on any atom is 0.449 e. The number of nitrogens with zero attached hydrogens (tertiary/aromatic N) is 2. The number of halogens is 3. The molecule has 3 rings (SSSR count). The van der Waals surface area contributed by atoms with Crippen LogP contribution in [0.3, 0.4) is 0 Å². The average Bonchev–Trinajstić information content (AvgIpc) is 3.17. The molecule has 1 fully saturated rings. The van der Waals surface area contributed by atoms with Gasteiger partial charge in [0.25, 0.3) is 5.91 Å². The van der Waals surface area contributed by atoms with Crippen LogP contribution in [0.5, 0.6) is 0 Å². The van der Waals surface area contributed by atoms with Crippen molar-refractivity contribution in [3.8, 4) is 0 Å². The molecule has 0 atom stereocenters. The maximum atomic E-state index is 13.3. The molecule has 0 bridgehead atoms. The summed E-state index contributed by atoms with van der Waals surface area (Å²) in [5, 5.41) is 12.0. The smallest absolute Gasteiger partial charge is 0.449 e. The van der Waals surface area contributed by atoms with E-state index >= 15 is 0 Å². The molecule has 6 nitrogen and oxygen atoms in total. The number of hydrogen-bond acceptors (Lipinski definition) is 3. The van der Waals surface area contributed by atoms with Gasteiger partial charge in [-0.2, -0.15) is 13.2 Å². The minimum atomic E-state index is -4.61. The predicted octanol–water partition coefficient (Wildman–Crippen LogP) is 4.15. The van der Waals surface area contributed by atoms with Crippen LogP contribution >= 0.6 is 0 Å². The molecule has 2 N–H and O–H groups in total. The molecule has 0 unspecified atom stereocenters. The van der Waals surface area contributed by atoms with E-state index in [1.807, 2.05) is 0 Å². The van der Waals surface area contributed by atoms with Crippen LogP contribution in [-0.4, -0.2) is 32.1 Å². The third kappa shape index (κ3) is 3.83. The fourth-order valence-electron chi connectivity index (χ4n) is 3.96. The fourth-order valence-corrected chi connectivity index (χ4v) is 3.96. The molecule has 2 aromatic rings. The van der Waals surface area contributed by atoms with Gasteiger partial charge in [-0.25, -0.2) is 4.98 Å². The summed E-state index contributed by atoms with van der Waals surface area (Å²) in [7, 11) is 0. The summed E-state index contributed by atoms with van der Waals surface area (Å²) in [6.07, 6.45) is -2.02. The number of carbonyl (C=O) groups excluding carboxylic acids is 1. The van der Waals surface area contributed by atoms with Gasteiger partial charge in [-0.3, -0.25) is 9.59 Å². The molecule has 1 aromatic heterocycles. The molecular weight excluding hydrogens is 375 g/mol. The first-order valence-corrected chi connectivity index (χ1v) is 9.16. The third-order valence-electron chi connectivity index (χ3n) is 5.15. The van der Waals surface area contributed by atoms with Gasteiger partial charge in [-0.05, 0) is 44.9 Å². The van der Waals surface area contributed by atoms with Crippen molar-refractivity contribution < 1.29 is 27.9 Å². The minimum absolute atomic E-state index is 0.0763. The van der Waals surface area contributed by atoms with Crippen LogP contribution in [0.4, 0.5) is 13.2 Å². The average molecular weight is 397 g/mol. The van der Waals surface area contributed by atoms with Gasteiger partial charge in [0.05, 0.1) is 23.0 Å². The van der Waals surface area contributed by atoms with E-state index in [9.17, 15) is 22.8 Å². The SMILES string of the molecule is CC(C)n1c(C(F)(F)F)nc2cc(C(=O)NC3(CC(=O)O)CCCC3)ccc21. The number of aliphatic carboxylic acids is 1. The Morgan fingerprint density at radius 3 is 2.46 bits per heavy atom. The summed E-state index contributed by atoms with van der Waals surface area (Å²) in [6, 6.07) is 3.76. The van der Waals surface area contributed by atoms with Gasteiger partial charge in [0.1, 0.15) is 0 Å². The first-order chi connectivity index (χ1) is 13.0. The summed E-state index contributed by atoms with van der Waals surface area (Å²) in [5.41, 5.74) is -0.287. The molecular formula is C19H22F3N3O3. The number of fused-ring (bicyclic) bond motifs is 1. The summed E-state index contributed by atoms with van der Waals surface area (Å²) in [6.45, 7) is 3.26. The zero-order valence-corrected chi connectivity index (χ0v) is 15.6. The molecule has 9 heteroatoms. The number of imidazole rings is 1. The van der Waals surface area contributed by atoms with Gasteiger partial charge in [0, 0.05) is 11.6 Å². The number of carboxylic acids is 1. The van der Waals surface area contributed by atoms with E-state index in [2.05, 4.69) is 10.3 Å². The first kappa shape index (κ1) is 20.2. The Morgan fingerprint density at radius 1 is 1.29 bits per heavy atom. The number of rotatable bonds is 5. The number of benzene rings is 1. The molecule has 0 saturated heterocycles. The molecule has 0 aliphatic heterocycles. The molecule has 1 aliphatic carbocycles. The van der Waals surface area contributed by atoms with Crippen molar-refractivity contribution in [2.75, 3.05) is 0 Å². The number of carbonyl (C=O) groups is 2. The number of amides is 1. The van der Waals surface area contributed by atoms with Crippen molar-refractivity contribution in [1.29, 1.82) is 0 Å². The van der Waals surface area contributed by atoms with Gasteiger partial charge < -0.3 is 15.0 Å². The van der Waals surface area contributed by atoms with Gasteiger partial charge in [-0.1, -0.05) is 12.8 Å². The largest absolute Gasteiger partial charge is 0.481 e. The van der Waals surface area contributed by atoms with Crippen molar-refractivity contribution in [2.24, 2.45) is 0 Å². The van der Waals surface area contributed by atoms with Gasteiger partial charge in [-0.15, -0.1) is 0 Å². The lowest BCUT2D eigenvalue weighted by atomic mass is 9.92. The highest BCUT2D eigenvalue weighted by Crippen LogP contribution is 2.35. The summed E-state index contributed by atoms with van der Waals surface area (Å²) in [4.78, 5) is 27.6. The molecule has 1 saturated carbocycles. The van der Waals surface area contributed by atoms with Crippen molar-refractivity contribution in [3.05, 3.63) is 29.6 Å². The predicted molar refractivity (Wildman–Crippen MR) is 96.0 cm³/mol. The zero-order valence-electron chi connectivity index (χ0n) is 15.6. The van der Waals surface area contributed by atoms with Crippen LogP contribution in [-0.2, 0) is 11.0 Å². The highest BCUT2D eigenvalue weighted by Gasteiger charge is 2.39. The lowest BCUT2D eigenvalue weighted by Crippen LogP contribution is -2.47. The first-order valence-electron chi connectivity index (χ1n) is 9.16. The molecule has 1 aliphatic rings. The Hall–Kier alpha value is -2.58. The van der Waals surface area contributed by atoms with Crippen LogP contribution in [0.15, 0.2) is 18.2 Å². The molecule has 28 heavy (non-hydrogen) atoms. The van der Waals surface area contributed by atoms with Crippen LogP contribution in [0, 0.1) is 0 Å². The van der Waals surface area contributed by atoms with Crippen molar-refractivity contribution >= 4 is 22.9 Å². The Labute approximate surface area is 159 Å². The van der Waals surface area contributed by atoms with Gasteiger partial charge >= 0.3 is 12.1 Å². The van der Waals surface area contributed by atoms with Crippen molar-refractivity contribution in [1.82, 2.24) is 14.9 Å². The fraction of sp³-hybridized carbons (Fsp3) is 0.526. The minimum Gasteiger partial charge on any atom is -0.481 e. The molecule has 1 heterocycles. The maximum absolute atomic E-state index is 13.3. The van der Waals surface area contributed by atoms with Crippen molar-refractivity contribution in [3.63, 3.8) is 0 Å². The van der Waals surface area contributed by atoms with Crippen molar-refractivity contribution in [2.45, 2.75) is 63.7 Å². The van der Waals surface area contributed by atoms with E-state index in [4.69, 9.17) is 5.11 Å². The standard InChI is InChI=1S/C19H22F3N3O3/c1-11(2)25-14-6-5-12(9-13(14)23-17(25)19(20,21)22)16(28)24-18(10-15(26)27)7-3-4-8-18/h5-6,9,11H,3-4,7-8,10H2,1-2H3,(H,24,28)(H,26,27). The van der Waals surface area contributed by atoms with E-state index in [0.29, 0.717) is 18.4 Å². The second-order valence-electron chi connectivity index (χ2n) is 7.61. The zero-order chi connectivity index (χ0) is 20.7. The lowest BCUT2D eigenvalue weighted by Gasteiger charge is -2.28. The Balaban J connectivity index is 1.96. The quantitative estimate of drug-likeness (QED) is 0.794. The highest BCUT2D eigenvalue weighted by molar-refractivity contribution is 5.98. The van der Waals surface area contributed by atoms with Crippen LogP contribution in [0.2, 0.25) is 0 Å². The van der Waals surface area contributed by atoms with Crippen LogP contribution < -0.4 is 5.32 Å². The van der Waals surface area contributed by atoms with E-state index < -0.39 is 35.5 Å². The highest BCUT2D eigenvalue weighted by atomic mass is 19.4. The number of hydrogen-bond donors (Lipinski definition) is 2. The summed E-state index contributed by atoms with van der Waals surface area (Å²) >= 11 is 0. The van der Waals surface area contributed by atoms with Gasteiger partial charge in [0.15, 0.2) is 0 Å². The topological polar surface area (TPSA) is 84.2 Å². The van der Waals surface area contributed by atoms with E-state index in [1.54, 1.807) is 13.8 Å². The molecule has 0 radical (unpaired) electrons. The van der Waals surface area contributed by atoms with E-state index in [0.717, 1.165) is 17.4 Å². The van der Waals surface area contributed by atoms with E-state index in [1.165, 1.54) is 18.2 Å². The number of alkyl halides is 3. The van der Waals surface area contributed by atoms with E-state index in [-0.39, 0.29) is 17.5 Å². The summed E-state index contributed by atoms with van der Waals surface area (Å²) < 4.78 is 41.1. The second-order valence-corrected chi connectivity index (χ2v) is 7.61. The third-order valence-corrected chi connectivity index (χ3v) is 5.15. The van der Waals surface area contributed by atoms with Crippen LogP contribution in [0.1, 0.15) is 68.2 Å². The number of nitrogens with one attached hydrogen (secondary N) is 1. The Morgan fingerprint density at radius 2 is 1.93 bits per heavy atom. The molecule has 152 valence electrons. The Kier molecular flexibility index (Phi) is 5.12. The molecule has 0 spiro atoms. The number of carboxylic acid groups (broad SMARTS) is 1. The summed E-state index contributed by atoms with van der Waals surface area (Å²) in [5.74, 6) is -2.51. The van der Waals surface area contributed by atoms with Gasteiger partial charge in [0.2, 0.25) is 5.82 Å². The Bertz CT molecular complexity index is 912. The monoisotopic (exact) mass is 397 g/mol. The molecule has 1 amide bonds.